The van der Waals surface area contributed by atoms with Gasteiger partial charge in [-0.05, 0) is 54.8 Å². The van der Waals surface area contributed by atoms with Gasteiger partial charge in [0.05, 0.1) is 4.90 Å². The smallest absolute Gasteiger partial charge is 0.261 e. The highest BCUT2D eigenvalue weighted by molar-refractivity contribution is 7.98. The Kier molecular flexibility index (Phi) is 4.54. The summed E-state index contributed by atoms with van der Waals surface area (Å²) in [7, 11) is -3.65. The quantitative estimate of drug-likeness (QED) is 0.827. The molecule has 0 aliphatic carbocycles. The molecule has 3 N–H and O–H groups in total. The molecule has 0 spiro atoms. The summed E-state index contributed by atoms with van der Waals surface area (Å²) in [6.07, 6.45) is 1.92. The summed E-state index contributed by atoms with van der Waals surface area (Å²) in [5, 5.41) is 0. The average Bonchev–Trinajstić information content (AvgIpc) is 2.47. The Morgan fingerprint density at radius 3 is 2.10 bits per heavy atom. The molecule has 0 saturated carbocycles. The summed E-state index contributed by atoms with van der Waals surface area (Å²) in [4.78, 5) is 12.1. The van der Waals surface area contributed by atoms with Crippen LogP contribution in [0.1, 0.15) is 10.4 Å². The second kappa shape index (κ2) is 6.19. The third-order valence-corrected chi connectivity index (χ3v) is 4.93. The number of hydrogen-bond donors (Lipinski definition) is 2. The van der Waals surface area contributed by atoms with Crippen molar-refractivity contribution >= 4 is 33.4 Å². The van der Waals surface area contributed by atoms with Gasteiger partial charge in [0, 0.05) is 16.1 Å². The molecule has 0 bridgehead atoms. The van der Waals surface area contributed by atoms with Gasteiger partial charge in [-0.1, -0.05) is 0 Å². The van der Waals surface area contributed by atoms with Crippen LogP contribution in [0.5, 0.6) is 0 Å². The van der Waals surface area contributed by atoms with Crippen molar-refractivity contribution < 1.29 is 13.2 Å². The van der Waals surface area contributed by atoms with Crippen molar-refractivity contribution in [1.29, 1.82) is 0 Å². The first-order valence-electron chi connectivity index (χ1n) is 5.99. The second-order valence-electron chi connectivity index (χ2n) is 4.22. The van der Waals surface area contributed by atoms with Gasteiger partial charge < -0.3 is 5.73 Å². The fraction of sp³-hybridized carbons (Fsp3) is 0.0714. The number of rotatable bonds is 5. The lowest BCUT2D eigenvalue weighted by molar-refractivity contribution is 0.100. The van der Waals surface area contributed by atoms with Gasteiger partial charge >= 0.3 is 0 Å². The standard InChI is InChI=1S/C14H14N2O3S2/c1-20-12-6-8-13(9-7-12)21(18,19)16-11-4-2-10(3-5-11)14(15)17/h2-9,16H,1H3,(H2,15,17). The van der Waals surface area contributed by atoms with Gasteiger partial charge in [0.15, 0.2) is 0 Å². The maximum absolute atomic E-state index is 12.2. The Labute approximate surface area is 127 Å². The van der Waals surface area contributed by atoms with E-state index in [1.807, 2.05) is 6.26 Å². The number of thioether (sulfide) groups is 1. The molecule has 1 amide bonds. The van der Waals surface area contributed by atoms with Crippen LogP contribution in [0.25, 0.3) is 0 Å². The van der Waals surface area contributed by atoms with Crippen molar-refractivity contribution in [3.63, 3.8) is 0 Å². The van der Waals surface area contributed by atoms with Gasteiger partial charge in [-0.15, -0.1) is 11.8 Å². The van der Waals surface area contributed by atoms with Crippen molar-refractivity contribution in [2.75, 3.05) is 11.0 Å². The molecular weight excluding hydrogens is 308 g/mol. The van der Waals surface area contributed by atoms with E-state index in [4.69, 9.17) is 5.73 Å². The molecule has 2 rings (SSSR count). The molecule has 5 nitrogen and oxygen atoms in total. The Hall–Kier alpha value is -1.99. The zero-order chi connectivity index (χ0) is 15.5. The van der Waals surface area contributed by atoms with Crippen LogP contribution in [0.15, 0.2) is 58.3 Å². The molecule has 0 unspecified atom stereocenters. The largest absolute Gasteiger partial charge is 0.366 e. The predicted molar refractivity (Wildman–Crippen MR) is 84.0 cm³/mol. The number of anilines is 1. The number of nitrogens with one attached hydrogen (secondary N) is 1. The van der Waals surface area contributed by atoms with E-state index in [-0.39, 0.29) is 4.90 Å². The number of sulfonamides is 1. The van der Waals surface area contributed by atoms with E-state index in [9.17, 15) is 13.2 Å². The predicted octanol–water partition coefficient (Wildman–Crippen LogP) is 2.31. The summed E-state index contributed by atoms with van der Waals surface area (Å²) in [6.45, 7) is 0. The van der Waals surface area contributed by atoms with Crippen LogP contribution in [0, 0.1) is 0 Å². The maximum atomic E-state index is 12.2. The number of hydrogen-bond acceptors (Lipinski definition) is 4. The van der Waals surface area contributed by atoms with Gasteiger partial charge in [-0.3, -0.25) is 9.52 Å². The lowest BCUT2D eigenvalue weighted by atomic mass is 10.2. The van der Waals surface area contributed by atoms with Gasteiger partial charge in [0.2, 0.25) is 5.91 Å². The third-order valence-electron chi connectivity index (χ3n) is 2.79. The topological polar surface area (TPSA) is 89.3 Å². The van der Waals surface area contributed by atoms with E-state index in [2.05, 4.69) is 4.72 Å². The van der Waals surface area contributed by atoms with Crippen LogP contribution in [-0.2, 0) is 10.0 Å². The van der Waals surface area contributed by atoms with E-state index in [1.54, 1.807) is 24.3 Å². The molecule has 0 fully saturated rings. The first-order valence-corrected chi connectivity index (χ1v) is 8.70. The van der Waals surface area contributed by atoms with Crippen LogP contribution >= 0.6 is 11.8 Å². The first kappa shape index (κ1) is 15.4. The Bertz CT molecular complexity index is 739. The molecule has 7 heteroatoms. The molecule has 0 aliphatic heterocycles. The monoisotopic (exact) mass is 322 g/mol. The zero-order valence-corrected chi connectivity index (χ0v) is 12.9. The summed E-state index contributed by atoms with van der Waals surface area (Å²) in [5.74, 6) is -0.558. The number of nitrogens with two attached hydrogens (primary N) is 1. The second-order valence-corrected chi connectivity index (χ2v) is 6.78. The minimum atomic E-state index is -3.65. The molecule has 0 aliphatic rings. The van der Waals surface area contributed by atoms with Crippen LogP contribution in [-0.4, -0.2) is 20.6 Å². The van der Waals surface area contributed by atoms with Gasteiger partial charge in [0.25, 0.3) is 10.0 Å². The van der Waals surface area contributed by atoms with Crippen LogP contribution in [0.3, 0.4) is 0 Å². The lowest BCUT2D eigenvalue weighted by Crippen LogP contribution is -2.14. The molecule has 21 heavy (non-hydrogen) atoms. The van der Waals surface area contributed by atoms with Crippen LogP contribution in [0.2, 0.25) is 0 Å². The van der Waals surface area contributed by atoms with Crippen LogP contribution in [0.4, 0.5) is 5.69 Å². The molecule has 0 radical (unpaired) electrons. The zero-order valence-electron chi connectivity index (χ0n) is 11.2. The molecule has 0 heterocycles. The maximum Gasteiger partial charge on any atom is 0.261 e. The first-order chi connectivity index (χ1) is 9.92. The summed E-state index contributed by atoms with van der Waals surface area (Å²) in [6, 6.07) is 12.5. The number of carbonyl (C=O) groups is 1. The van der Waals surface area contributed by atoms with Crippen molar-refractivity contribution in [2.24, 2.45) is 5.73 Å². The molecule has 2 aromatic carbocycles. The Morgan fingerprint density at radius 2 is 1.62 bits per heavy atom. The van der Waals surface area contributed by atoms with Crippen molar-refractivity contribution in [3.05, 3.63) is 54.1 Å². The van der Waals surface area contributed by atoms with Crippen molar-refractivity contribution in [1.82, 2.24) is 0 Å². The normalized spacial score (nSPS) is 11.1. The van der Waals surface area contributed by atoms with E-state index >= 15 is 0 Å². The fourth-order valence-electron chi connectivity index (χ4n) is 1.67. The Morgan fingerprint density at radius 1 is 1.05 bits per heavy atom. The Balaban J connectivity index is 2.21. The van der Waals surface area contributed by atoms with Gasteiger partial charge in [-0.25, -0.2) is 8.42 Å². The number of primary amides is 1. The van der Waals surface area contributed by atoms with Gasteiger partial charge in [-0.2, -0.15) is 0 Å². The number of amides is 1. The fourth-order valence-corrected chi connectivity index (χ4v) is 3.14. The number of benzene rings is 2. The van der Waals surface area contributed by atoms with Crippen LogP contribution < -0.4 is 10.5 Å². The molecule has 0 atom stereocenters. The SMILES string of the molecule is CSc1ccc(S(=O)(=O)Nc2ccc(C(N)=O)cc2)cc1. The van der Waals surface area contributed by atoms with E-state index < -0.39 is 15.9 Å². The highest BCUT2D eigenvalue weighted by Crippen LogP contribution is 2.20. The molecule has 110 valence electrons. The molecule has 0 saturated heterocycles. The summed E-state index contributed by atoms with van der Waals surface area (Å²) >= 11 is 1.54. The minimum absolute atomic E-state index is 0.180. The molecule has 2 aromatic rings. The highest BCUT2D eigenvalue weighted by Gasteiger charge is 2.14. The number of carbonyl (C=O) groups excluding carboxylic acids is 1. The summed E-state index contributed by atoms with van der Waals surface area (Å²) < 4.78 is 26.9. The van der Waals surface area contributed by atoms with Crippen molar-refractivity contribution in [3.8, 4) is 0 Å². The summed E-state index contributed by atoms with van der Waals surface area (Å²) in [5.41, 5.74) is 5.82. The third kappa shape index (κ3) is 3.77. The average molecular weight is 322 g/mol. The van der Waals surface area contributed by atoms with E-state index in [0.29, 0.717) is 11.3 Å². The highest BCUT2D eigenvalue weighted by atomic mass is 32.2. The lowest BCUT2D eigenvalue weighted by Gasteiger charge is -2.08. The molecular formula is C14H14N2O3S2. The van der Waals surface area contributed by atoms with E-state index in [0.717, 1.165) is 4.90 Å². The van der Waals surface area contributed by atoms with E-state index in [1.165, 1.54) is 36.0 Å². The molecule has 0 aromatic heterocycles. The van der Waals surface area contributed by atoms with Crippen molar-refractivity contribution in [2.45, 2.75) is 9.79 Å². The van der Waals surface area contributed by atoms with Gasteiger partial charge in [0.1, 0.15) is 0 Å². The minimum Gasteiger partial charge on any atom is -0.366 e.